The maximum atomic E-state index is 12.8. The summed E-state index contributed by atoms with van der Waals surface area (Å²) < 4.78 is 5.89. The van der Waals surface area contributed by atoms with Crippen molar-refractivity contribution < 1.29 is 9.53 Å². The topological polar surface area (TPSA) is 67.9 Å². The van der Waals surface area contributed by atoms with Gasteiger partial charge in [-0.15, -0.1) is 0 Å². The Kier molecular flexibility index (Phi) is 4.55. The highest BCUT2D eigenvalue weighted by Crippen LogP contribution is 2.36. The molecule has 1 saturated carbocycles. The fourth-order valence-electron chi connectivity index (χ4n) is 3.63. The minimum atomic E-state index is -0.864. The molecule has 0 bridgehead atoms. The summed E-state index contributed by atoms with van der Waals surface area (Å²) >= 11 is 0. The van der Waals surface area contributed by atoms with Gasteiger partial charge < -0.3 is 10.5 Å². The maximum Gasteiger partial charge on any atom is 0.260 e. The highest BCUT2D eigenvalue weighted by Gasteiger charge is 2.48. The predicted octanol–water partition coefficient (Wildman–Crippen LogP) is 2.56. The monoisotopic (exact) mass is 315 g/mol. The van der Waals surface area contributed by atoms with Crippen LogP contribution in [0.15, 0.2) is 35.3 Å². The lowest BCUT2D eigenvalue weighted by atomic mass is 9.79. The number of hydrogen-bond donors (Lipinski definition) is 1. The lowest BCUT2D eigenvalue weighted by molar-refractivity contribution is -0.132. The molecule has 5 heteroatoms. The molecule has 0 radical (unpaired) electrons. The molecule has 3 rings (SSSR count). The van der Waals surface area contributed by atoms with Crippen LogP contribution in [0.1, 0.15) is 38.5 Å². The Balaban J connectivity index is 1.77. The van der Waals surface area contributed by atoms with E-state index in [-0.39, 0.29) is 12.5 Å². The Morgan fingerprint density at radius 3 is 2.57 bits per heavy atom. The third-order valence-electron chi connectivity index (χ3n) is 4.95. The molecule has 23 heavy (non-hydrogen) atoms. The molecule has 1 fully saturated rings. The molecule has 2 aliphatic rings. The van der Waals surface area contributed by atoms with E-state index in [0.717, 1.165) is 12.2 Å². The van der Waals surface area contributed by atoms with Crippen LogP contribution in [-0.2, 0) is 4.79 Å². The molecular formula is C18H25N3O2. The van der Waals surface area contributed by atoms with Crippen LogP contribution in [0.3, 0.4) is 0 Å². The smallest absolute Gasteiger partial charge is 0.260 e. The molecule has 1 aliphatic carbocycles. The van der Waals surface area contributed by atoms with Crippen LogP contribution in [-0.4, -0.2) is 36.0 Å². The molecule has 124 valence electrons. The van der Waals surface area contributed by atoms with Crippen molar-refractivity contribution in [1.29, 1.82) is 0 Å². The second-order valence-electron chi connectivity index (χ2n) is 6.68. The Morgan fingerprint density at radius 1 is 1.26 bits per heavy atom. The number of carbonyl (C=O) groups excluding carboxylic acids is 1. The largest absolute Gasteiger partial charge is 0.490 e. The molecule has 1 unspecified atom stereocenters. The second kappa shape index (κ2) is 6.60. The molecule has 0 spiro atoms. The van der Waals surface area contributed by atoms with Crippen LogP contribution in [0.2, 0.25) is 0 Å². The zero-order chi connectivity index (χ0) is 16.3. The summed E-state index contributed by atoms with van der Waals surface area (Å²) in [5.41, 5.74) is 5.05. The zero-order valence-corrected chi connectivity index (χ0v) is 13.7. The van der Waals surface area contributed by atoms with Crippen LogP contribution in [0.25, 0.3) is 0 Å². The first-order valence-corrected chi connectivity index (χ1v) is 8.42. The Hall–Kier alpha value is -2.04. The maximum absolute atomic E-state index is 12.8. The van der Waals surface area contributed by atoms with Crippen molar-refractivity contribution in [3.8, 4) is 5.75 Å². The summed E-state index contributed by atoms with van der Waals surface area (Å²) in [6.07, 6.45) is 6.83. The van der Waals surface area contributed by atoms with E-state index in [1.807, 2.05) is 30.3 Å². The lowest BCUT2D eigenvalue weighted by Crippen LogP contribution is -2.47. The third kappa shape index (κ3) is 3.33. The van der Waals surface area contributed by atoms with Crippen molar-refractivity contribution >= 4 is 11.9 Å². The summed E-state index contributed by atoms with van der Waals surface area (Å²) in [6, 6.07) is 9.57. The van der Waals surface area contributed by atoms with Gasteiger partial charge in [0.05, 0.1) is 0 Å². The van der Waals surface area contributed by atoms with Crippen molar-refractivity contribution in [2.24, 2.45) is 16.6 Å². The number of nitrogens with two attached hydrogens (primary N) is 1. The van der Waals surface area contributed by atoms with E-state index in [1.165, 1.54) is 37.0 Å². The fourth-order valence-corrected chi connectivity index (χ4v) is 3.63. The number of para-hydroxylation sites is 1. The van der Waals surface area contributed by atoms with Crippen LogP contribution in [0.5, 0.6) is 5.75 Å². The molecule has 0 saturated heterocycles. The van der Waals surface area contributed by atoms with Gasteiger partial charge in [0.15, 0.2) is 11.5 Å². The number of amides is 1. The van der Waals surface area contributed by atoms with Crippen molar-refractivity contribution in [1.82, 2.24) is 4.90 Å². The number of hydrogen-bond acceptors (Lipinski definition) is 4. The highest BCUT2D eigenvalue weighted by atomic mass is 16.5. The first-order valence-electron chi connectivity index (χ1n) is 8.42. The van der Waals surface area contributed by atoms with E-state index >= 15 is 0 Å². The van der Waals surface area contributed by atoms with E-state index in [2.05, 4.69) is 4.99 Å². The Morgan fingerprint density at radius 2 is 1.96 bits per heavy atom. The molecule has 1 aliphatic heterocycles. The number of aliphatic imine (C=N–C) groups is 1. The van der Waals surface area contributed by atoms with Gasteiger partial charge in [0.1, 0.15) is 12.4 Å². The van der Waals surface area contributed by atoms with Gasteiger partial charge in [0, 0.05) is 7.05 Å². The number of carbonyl (C=O) groups is 1. The molecule has 2 N–H and O–H groups in total. The molecule has 1 aromatic rings. The highest BCUT2D eigenvalue weighted by molar-refractivity contribution is 6.06. The number of guanidine groups is 1. The number of likely N-dealkylation sites (N-methyl/N-ethyl adjacent to an activating group) is 1. The van der Waals surface area contributed by atoms with E-state index in [9.17, 15) is 4.79 Å². The predicted molar refractivity (Wildman–Crippen MR) is 90.3 cm³/mol. The molecule has 1 atom stereocenters. The number of nitrogens with zero attached hydrogens (tertiary/aromatic N) is 2. The van der Waals surface area contributed by atoms with Gasteiger partial charge in [-0.05, 0) is 24.5 Å². The van der Waals surface area contributed by atoms with Gasteiger partial charge in [0.25, 0.3) is 5.91 Å². The van der Waals surface area contributed by atoms with Crippen LogP contribution in [0, 0.1) is 5.92 Å². The molecule has 1 aromatic carbocycles. The van der Waals surface area contributed by atoms with Crippen molar-refractivity contribution in [2.45, 2.75) is 44.1 Å². The van der Waals surface area contributed by atoms with E-state index in [1.54, 1.807) is 7.05 Å². The Bertz CT molecular complexity index is 581. The number of ether oxygens (including phenoxy) is 1. The van der Waals surface area contributed by atoms with Crippen molar-refractivity contribution in [3.63, 3.8) is 0 Å². The molecule has 1 amide bonds. The summed E-state index contributed by atoms with van der Waals surface area (Å²) in [6.45, 7) is 0.247. The van der Waals surface area contributed by atoms with Gasteiger partial charge in [0.2, 0.25) is 0 Å². The second-order valence-corrected chi connectivity index (χ2v) is 6.68. The van der Waals surface area contributed by atoms with Gasteiger partial charge in [-0.25, -0.2) is 4.99 Å². The van der Waals surface area contributed by atoms with Gasteiger partial charge in [-0.3, -0.25) is 9.69 Å². The van der Waals surface area contributed by atoms with E-state index < -0.39 is 5.54 Å². The minimum Gasteiger partial charge on any atom is -0.490 e. The van der Waals surface area contributed by atoms with Gasteiger partial charge in [-0.2, -0.15) is 0 Å². The molecule has 0 aromatic heterocycles. The molecule has 5 nitrogen and oxygen atoms in total. The summed E-state index contributed by atoms with van der Waals surface area (Å²) in [7, 11) is 1.69. The quantitative estimate of drug-likeness (QED) is 0.908. The SMILES string of the molecule is CN1C(=O)C(COc2ccccc2)(CC2CCCCC2)N=C1N. The van der Waals surface area contributed by atoms with E-state index in [4.69, 9.17) is 10.5 Å². The van der Waals surface area contributed by atoms with Gasteiger partial charge in [-0.1, -0.05) is 50.3 Å². The first kappa shape index (κ1) is 15.8. The number of benzene rings is 1. The van der Waals surface area contributed by atoms with Crippen LogP contribution in [0.4, 0.5) is 0 Å². The van der Waals surface area contributed by atoms with Crippen LogP contribution >= 0.6 is 0 Å². The van der Waals surface area contributed by atoms with Crippen molar-refractivity contribution in [2.75, 3.05) is 13.7 Å². The van der Waals surface area contributed by atoms with Crippen molar-refractivity contribution in [3.05, 3.63) is 30.3 Å². The van der Waals surface area contributed by atoms with E-state index in [0.29, 0.717) is 11.9 Å². The lowest BCUT2D eigenvalue weighted by Gasteiger charge is -2.31. The minimum absolute atomic E-state index is 0.0449. The third-order valence-corrected chi connectivity index (χ3v) is 4.95. The zero-order valence-electron chi connectivity index (χ0n) is 13.7. The molecule has 1 heterocycles. The molecular weight excluding hydrogens is 290 g/mol. The average molecular weight is 315 g/mol. The summed E-state index contributed by atoms with van der Waals surface area (Å²) in [5.74, 6) is 1.53. The van der Waals surface area contributed by atoms with Crippen LogP contribution < -0.4 is 10.5 Å². The summed E-state index contributed by atoms with van der Waals surface area (Å²) in [4.78, 5) is 18.8. The van der Waals surface area contributed by atoms with Gasteiger partial charge >= 0.3 is 0 Å². The Labute approximate surface area is 137 Å². The first-order chi connectivity index (χ1) is 11.1. The summed E-state index contributed by atoms with van der Waals surface area (Å²) in [5, 5.41) is 0. The normalized spacial score (nSPS) is 25.5. The number of rotatable bonds is 5. The average Bonchev–Trinajstić information content (AvgIpc) is 2.79. The standard InChI is InChI=1S/C18H25N3O2/c1-21-16(22)18(20-17(21)19,12-14-8-4-2-5-9-14)13-23-15-10-6-3-7-11-15/h3,6-7,10-11,14H,2,4-5,8-9,12-13H2,1H3,(H2,19,20). The fraction of sp³-hybridized carbons (Fsp3) is 0.556.